The number of hydrogen-bond acceptors (Lipinski definition) is 4. The lowest BCUT2D eigenvalue weighted by Gasteiger charge is -1.99. The van der Waals surface area contributed by atoms with Gasteiger partial charge in [-0.2, -0.15) is 0 Å². The van der Waals surface area contributed by atoms with Gasteiger partial charge in [0.2, 0.25) is 0 Å². The second-order valence-electron chi connectivity index (χ2n) is 1.41. The lowest BCUT2D eigenvalue weighted by molar-refractivity contribution is -0.140. The Morgan fingerprint density at radius 1 is 1.60 bits per heavy atom. The van der Waals surface area contributed by atoms with Gasteiger partial charge in [0, 0.05) is 6.92 Å². The molecule has 57 valence electrons. The SMILES string of the molecule is CC(=O)OC[CH]OC(N)=O. The number of esters is 1. The highest BCUT2D eigenvalue weighted by molar-refractivity contribution is 5.66. The van der Waals surface area contributed by atoms with Crippen LogP contribution in [0.3, 0.4) is 0 Å². The van der Waals surface area contributed by atoms with Crippen LogP contribution in [0.5, 0.6) is 0 Å². The monoisotopic (exact) mass is 146 g/mol. The summed E-state index contributed by atoms with van der Waals surface area (Å²) in [5, 5.41) is 0. The van der Waals surface area contributed by atoms with E-state index in [2.05, 4.69) is 15.2 Å². The minimum atomic E-state index is -0.924. The smallest absolute Gasteiger partial charge is 0.405 e. The molecule has 0 bridgehead atoms. The van der Waals surface area contributed by atoms with E-state index in [4.69, 9.17) is 0 Å². The molecule has 0 spiro atoms. The molecule has 0 saturated heterocycles. The Kier molecular flexibility index (Phi) is 4.02. The molecule has 10 heavy (non-hydrogen) atoms. The molecule has 5 heteroatoms. The van der Waals surface area contributed by atoms with Gasteiger partial charge >= 0.3 is 12.1 Å². The first kappa shape index (κ1) is 8.74. The molecule has 0 aliphatic heterocycles. The zero-order valence-corrected chi connectivity index (χ0v) is 5.49. The van der Waals surface area contributed by atoms with Crippen molar-refractivity contribution >= 4 is 12.1 Å². The minimum Gasteiger partial charge on any atom is -0.462 e. The second kappa shape index (κ2) is 4.60. The molecule has 0 aromatic carbocycles. The summed E-state index contributed by atoms with van der Waals surface area (Å²) < 4.78 is 8.49. The van der Waals surface area contributed by atoms with Gasteiger partial charge in [0.1, 0.15) is 6.61 Å². The molecular weight excluding hydrogens is 138 g/mol. The maximum Gasteiger partial charge on any atom is 0.405 e. The fourth-order valence-electron chi connectivity index (χ4n) is 0.268. The Morgan fingerprint density at radius 2 is 2.20 bits per heavy atom. The van der Waals surface area contributed by atoms with E-state index in [-0.39, 0.29) is 6.61 Å². The number of rotatable bonds is 3. The Labute approximate surface area is 58.1 Å². The molecule has 0 fully saturated rings. The van der Waals surface area contributed by atoms with Gasteiger partial charge in [0.15, 0.2) is 6.61 Å². The largest absolute Gasteiger partial charge is 0.462 e. The van der Waals surface area contributed by atoms with Crippen molar-refractivity contribution in [3.8, 4) is 0 Å². The first-order valence-corrected chi connectivity index (χ1v) is 2.54. The number of hydrogen-bond donors (Lipinski definition) is 1. The van der Waals surface area contributed by atoms with Gasteiger partial charge in [0.25, 0.3) is 0 Å². The molecule has 0 aliphatic carbocycles. The van der Waals surface area contributed by atoms with E-state index in [1.54, 1.807) is 0 Å². The Hall–Kier alpha value is -1.26. The van der Waals surface area contributed by atoms with Gasteiger partial charge in [-0.25, -0.2) is 4.79 Å². The number of carbonyl (C=O) groups excluding carboxylic acids is 2. The van der Waals surface area contributed by atoms with Crippen molar-refractivity contribution in [1.82, 2.24) is 0 Å². The van der Waals surface area contributed by atoms with Gasteiger partial charge in [0.05, 0.1) is 0 Å². The summed E-state index contributed by atoms with van der Waals surface area (Å²) in [6.07, 6.45) is -0.924. The normalized spacial score (nSPS) is 8.50. The lowest BCUT2D eigenvalue weighted by atomic mass is 10.7. The Balaban J connectivity index is 3.06. The van der Waals surface area contributed by atoms with Crippen molar-refractivity contribution in [1.29, 1.82) is 0 Å². The predicted octanol–water partition coefficient (Wildman–Crippen LogP) is -0.193. The standard InChI is InChI=1S/C5H8NO4/c1-4(7)9-2-3-10-5(6)8/h3H,2H2,1H3,(H2,6,8). The van der Waals surface area contributed by atoms with E-state index >= 15 is 0 Å². The number of amides is 1. The van der Waals surface area contributed by atoms with Crippen LogP contribution in [-0.4, -0.2) is 18.7 Å². The zero-order chi connectivity index (χ0) is 7.98. The van der Waals surface area contributed by atoms with E-state index in [9.17, 15) is 9.59 Å². The van der Waals surface area contributed by atoms with Crippen molar-refractivity contribution < 1.29 is 19.1 Å². The molecule has 0 aromatic heterocycles. The third kappa shape index (κ3) is 6.74. The lowest BCUT2D eigenvalue weighted by Crippen LogP contribution is -2.13. The molecule has 0 aliphatic rings. The van der Waals surface area contributed by atoms with Gasteiger partial charge in [-0.05, 0) is 0 Å². The minimum absolute atomic E-state index is 0.0712. The van der Waals surface area contributed by atoms with E-state index < -0.39 is 12.1 Å². The first-order valence-electron chi connectivity index (χ1n) is 2.54. The number of nitrogens with two attached hydrogens (primary N) is 1. The average molecular weight is 146 g/mol. The molecule has 2 N–H and O–H groups in total. The van der Waals surface area contributed by atoms with Crippen LogP contribution in [-0.2, 0) is 14.3 Å². The topological polar surface area (TPSA) is 78.6 Å². The van der Waals surface area contributed by atoms with E-state index in [1.165, 1.54) is 6.92 Å². The highest BCUT2D eigenvalue weighted by Gasteiger charge is 1.95. The number of primary amides is 1. The highest BCUT2D eigenvalue weighted by atomic mass is 16.6. The number of carbonyl (C=O) groups is 2. The van der Waals surface area contributed by atoms with Gasteiger partial charge in [-0.15, -0.1) is 0 Å². The molecule has 0 rings (SSSR count). The maximum absolute atomic E-state index is 10.1. The van der Waals surface area contributed by atoms with Gasteiger partial charge in [-0.3, -0.25) is 4.79 Å². The van der Waals surface area contributed by atoms with E-state index in [1.807, 2.05) is 0 Å². The van der Waals surface area contributed by atoms with Crippen molar-refractivity contribution in [3.05, 3.63) is 6.61 Å². The molecule has 0 saturated carbocycles. The van der Waals surface area contributed by atoms with Crippen LogP contribution in [0.15, 0.2) is 0 Å². The Bertz CT molecular complexity index is 118. The summed E-state index contributed by atoms with van der Waals surface area (Å²) in [5.41, 5.74) is 4.58. The van der Waals surface area contributed by atoms with Crippen LogP contribution in [0.25, 0.3) is 0 Å². The molecule has 0 aromatic rings. The highest BCUT2D eigenvalue weighted by Crippen LogP contribution is 1.83. The van der Waals surface area contributed by atoms with Crippen LogP contribution >= 0.6 is 0 Å². The van der Waals surface area contributed by atoms with E-state index in [0.717, 1.165) is 6.61 Å². The van der Waals surface area contributed by atoms with Crippen molar-refractivity contribution in [2.45, 2.75) is 6.92 Å². The summed E-state index contributed by atoms with van der Waals surface area (Å²) in [6, 6.07) is 0. The second-order valence-corrected chi connectivity index (χ2v) is 1.41. The summed E-state index contributed by atoms with van der Waals surface area (Å²) in [6.45, 7) is 2.18. The summed E-state index contributed by atoms with van der Waals surface area (Å²) >= 11 is 0. The van der Waals surface area contributed by atoms with Crippen LogP contribution in [0.4, 0.5) is 4.79 Å². The molecule has 0 heterocycles. The van der Waals surface area contributed by atoms with Crippen LogP contribution in [0, 0.1) is 6.61 Å². The molecule has 0 unspecified atom stereocenters. The van der Waals surface area contributed by atoms with Gasteiger partial charge < -0.3 is 15.2 Å². The maximum atomic E-state index is 10.1. The molecular formula is C5H8NO4. The third-order valence-electron chi connectivity index (χ3n) is 0.554. The quantitative estimate of drug-likeness (QED) is 0.442. The van der Waals surface area contributed by atoms with Crippen molar-refractivity contribution in [2.24, 2.45) is 5.73 Å². The molecule has 1 radical (unpaired) electrons. The Morgan fingerprint density at radius 3 is 2.60 bits per heavy atom. The van der Waals surface area contributed by atoms with Crippen LogP contribution < -0.4 is 5.73 Å². The molecule has 0 atom stereocenters. The summed E-state index contributed by atoms with van der Waals surface area (Å²) in [4.78, 5) is 19.9. The summed E-state index contributed by atoms with van der Waals surface area (Å²) in [5.74, 6) is -0.440. The molecule has 1 amide bonds. The molecule has 5 nitrogen and oxygen atoms in total. The average Bonchev–Trinajstić information content (AvgIpc) is 1.79. The van der Waals surface area contributed by atoms with Crippen LogP contribution in [0.1, 0.15) is 6.92 Å². The fourth-order valence-corrected chi connectivity index (χ4v) is 0.268. The van der Waals surface area contributed by atoms with Gasteiger partial charge in [-0.1, -0.05) is 0 Å². The first-order chi connectivity index (χ1) is 4.63. The third-order valence-corrected chi connectivity index (χ3v) is 0.554. The van der Waals surface area contributed by atoms with Crippen molar-refractivity contribution in [2.75, 3.05) is 6.61 Å². The number of ether oxygens (including phenoxy) is 2. The fraction of sp³-hybridized carbons (Fsp3) is 0.400. The predicted molar refractivity (Wildman–Crippen MR) is 31.6 cm³/mol. The van der Waals surface area contributed by atoms with Crippen LogP contribution in [0.2, 0.25) is 0 Å². The van der Waals surface area contributed by atoms with E-state index in [0.29, 0.717) is 0 Å². The summed E-state index contributed by atoms with van der Waals surface area (Å²) in [7, 11) is 0. The zero-order valence-electron chi connectivity index (χ0n) is 5.49. The van der Waals surface area contributed by atoms with Crippen molar-refractivity contribution in [3.63, 3.8) is 0 Å².